The second-order valence-corrected chi connectivity index (χ2v) is 11.4. The maximum absolute atomic E-state index is 12.5. The van der Waals surface area contributed by atoms with Gasteiger partial charge in [0.2, 0.25) is 0 Å². The molecule has 0 aromatic heterocycles. The molecule has 0 saturated carbocycles. The van der Waals surface area contributed by atoms with E-state index < -0.39 is 36.2 Å². The predicted octanol–water partition coefficient (Wildman–Crippen LogP) is 4.59. The van der Waals surface area contributed by atoms with Gasteiger partial charge in [0, 0.05) is 12.8 Å². The third-order valence-electron chi connectivity index (χ3n) is 4.74. The highest BCUT2D eigenvalue weighted by molar-refractivity contribution is 5.77. The summed E-state index contributed by atoms with van der Waals surface area (Å²) in [6.45, 7) is 14.9. The fraction of sp³-hybridized carbons (Fsp3) is 0.643. The van der Waals surface area contributed by atoms with E-state index in [9.17, 15) is 19.2 Å². The molecular weight excluding hydrogens is 494 g/mol. The van der Waals surface area contributed by atoms with Crippen molar-refractivity contribution in [2.24, 2.45) is 23.0 Å². The van der Waals surface area contributed by atoms with Gasteiger partial charge in [-0.1, -0.05) is 54.5 Å². The largest absolute Gasteiger partial charge is 0.508 e. The van der Waals surface area contributed by atoms with Crippen molar-refractivity contribution in [3.8, 4) is 11.5 Å². The van der Waals surface area contributed by atoms with E-state index in [2.05, 4.69) is 0 Å². The topological polar surface area (TPSA) is 140 Å². The molecule has 0 saturated heterocycles. The van der Waals surface area contributed by atoms with Gasteiger partial charge in [0.05, 0.1) is 6.61 Å². The number of esters is 3. The summed E-state index contributed by atoms with van der Waals surface area (Å²) in [5.74, 6) is -1.27. The van der Waals surface area contributed by atoms with Crippen molar-refractivity contribution >= 4 is 24.1 Å². The summed E-state index contributed by atoms with van der Waals surface area (Å²) in [7, 11) is 0. The van der Waals surface area contributed by atoms with Crippen molar-refractivity contribution in [2.45, 2.75) is 86.8 Å². The number of hydrogen-bond acceptors (Lipinski definition) is 10. The molecule has 2 atom stereocenters. The number of ether oxygens (including phenoxy) is 5. The molecule has 10 nitrogen and oxygen atoms in total. The molecule has 214 valence electrons. The number of rotatable bonds is 13. The molecular formula is C28H43NO9. The molecule has 38 heavy (non-hydrogen) atoms. The first kappa shape index (κ1) is 32.9. The van der Waals surface area contributed by atoms with E-state index >= 15 is 0 Å². The molecule has 0 unspecified atom stereocenters. The van der Waals surface area contributed by atoms with Gasteiger partial charge in [-0.25, -0.2) is 4.79 Å². The van der Waals surface area contributed by atoms with Crippen LogP contribution in [0.5, 0.6) is 11.5 Å². The third-order valence-corrected chi connectivity index (χ3v) is 4.74. The minimum atomic E-state index is -1.04. The van der Waals surface area contributed by atoms with E-state index in [1.54, 1.807) is 13.0 Å². The standard InChI is InChI=1S/C28H43NO9/c1-17(2)11-24(30)37-22-10-9-20(14-23(22)38-25(31)12-18(3)4)13-21(29)26(32)36-19(5)15-34-27(33)35-16-28(6,7)8/h9-10,14,17-19,21H,11-13,15-16,29H2,1-8H3/t19-,21-/m0/s1. The second kappa shape index (κ2) is 15.3. The molecule has 1 rings (SSSR count). The van der Waals surface area contributed by atoms with Crippen LogP contribution in [0.25, 0.3) is 0 Å². The average molecular weight is 538 g/mol. The van der Waals surface area contributed by atoms with Gasteiger partial charge in [-0.05, 0) is 48.3 Å². The normalized spacial score (nSPS) is 13.0. The summed E-state index contributed by atoms with van der Waals surface area (Å²) in [5.41, 5.74) is 6.41. The Morgan fingerprint density at radius 1 is 0.842 bits per heavy atom. The lowest BCUT2D eigenvalue weighted by atomic mass is 9.99. The van der Waals surface area contributed by atoms with Crippen molar-refractivity contribution in [2.75, 3.05) is 13.2 Å². The van der Waals surface area contributed by atoms with E-state index in [1.807, 2.05) is 48.5 Å². The fourth-order valence-electron chi connectivity index (χ4n) is 3.00. The van der Waals surface area contributed by atoms with Crippen LogP contribution in [0.4, 0.5) is 4.79 Å². The number of carbonyl (C=O) groups is 4. The third kappa shape index (κ3) is 14.0. The Morgan fingerprint density at radius 2 is 1.39 bits per heavy atom. The SMILES string of the molecule is CC(C)CC(=O)Oc1ccc(C[C@H](N)C(=O)O[C@@H](C)COC(=O)OCC(C)(C)C)cc1OC(=O)CC(C)C. The molecule has 1 aromatic rings. The highest BCUT2D eigenvalue weighted by atomic mass is 16.7. The van der Waals surface area contributed by atoms with E-state index in [4.69, 9.17) is 29.4 Å². The van der Waals surface area contributed by atoms with E-state index in [0.717, 1.165) is 0 Å². The molecule has 0 aliphatic heterocycles. The van der Waals surface area contributed by atoms with E-state index in [1.165, 1.54) is 12.1 Å². The van der Waals surface area contributed by atoms with Crippen molar-refractivity contribution < 1.29 is 42.9 Å². The van der Waals surface area contributed by atoms with Gasteiger partial charge in [0.1, 0.15) is 18.8 Å². The lowest BCUT2D eigenvalue weighted by Gasteiger charge is -2.19. The maximum Gasteiger partial charge on any atom is 0.508 e. The second-order valence-electron chi connectivity index (χ2n) is 11.4. The highest BCUT2D eigenvalue weighted by Crippen LogP contribution is 2.30. The molecule has 0 amide bonds. The minimum Gasteiger partial charge on any atom is -0.458 e. The summed E-state index contributed by atoms with van der Waals surface area (Å²) < 4.78 is 26.1. The molecule has 0 aliphatic rings. The summed E-state index contributed by atoms with van der Waals surface area (Å²) >= 11 is 0. The smallest absolute Gasteiger partial charge is 0.458 e. The van der Waals surface area contributed by atoms with Gasteiger partial charge >= 0.3 is 24.1 Å². The molecule has 0 heterocycles. The van der Waals surface area contributed by atoms with Gasteiger partial charge in [0.15, 0.2) is 11.5 Å². The summed E-state index contributed by atoms with van der Waals surface area (Å²) in [6, 6.07) is 3.60. The molecule has 1 aromatic carbocycles. The summed E-state index contributed by atoms with van der Waals surface area (Å²) in [5, 5.41) is 0. The van der Waals surface area contributed by atoms with Gasteiger partial charge in [-0.15, -0.1) is 0 Å². The fourth-order valence-corrected chi connectivity index (χ4v) is 3.00. The van der Waals surface area contributed by atoms with Crippen LogP contribution in [0.2, 0.25) is 0 Å². The van der Waals surface area contributed by atoms with Crippen molar-refractivity contribution in [3.05, 3.63) is 23.8 Å². The Balaban J connectivity index is 2.80. The molecule has 0 radical (unpaired) electrons. The number of carbonyl (C=O) groups excluding carboxylic acids is 4. The first-order valence-electron chi connectivity index (χ1n) is 12.9. The lowest BCUT2D eigenvalue weighted by Crippen LogP contribution is -2.37. The average Bonchev–Trinajstić information content (AvgIpc) is 2.76. The van der Waals surface area contributed by atoms with Crippen LogP contribution in [-0.4, -0.2) is 49.4 Å². The van der Waals surface area contributed by atoms with Crippen LogP contribution in [0, 0.1) is 17.3 Å². The van der Waals surface area contributed by atoms with E-state index in [0.29, 0.717) is 5.56 Å². The van der Waals surface area contributed by atoms with Gasteiger partial charge in [-0.3, -0.25) is 14.4 Å². The Labute approximate surface area is 225 Å². The Bertz CT molecular complexity index is 950. The monoisotopic (exact) mass is 537 g/mol. The molecule has 10 heteroatoms. The van der Waals surface area contributed by atoms with Crippen LogP contribution >= 0.6 is 0 Å². The molecule has 0 spiro atoms. The highest BCUT2D eigenvalue weighted by Gasteiger charge is 2.22. The molecule has 0 bridgehead atoms. The molecule has 2 N–H and O–H groups in total. The number of hydrogen-bond donors (Lipinski definition) is 1. The van der Waals surface area contributed by atoms with Crippen LogP contribution in [-0.2, 0) is 35.0 Å². The van der Waals surface area contributed by atoms with Crippen LogP contribution in [0.15, 0.2) is 18.2 Å². The van der Waals surface area contributed by atoms with Crippen molar-refractivity contribution in [1.82, 2.24) is 0 Å². The quantitative estimate of drug-likeness (QED) is 0.280. The van der Waals surface area contributed by atoms with Crippen molar-refractivity contribution in [1.29, 1.82) is 0 Å². The predicted molar refractivity (Wildman–Crippen MR) is 141 cm³/mol. The first-order chi connectivity index (χ1) is 17.6. The lowest BCUT2D eigenvalue weighted by molar-refractivity contribution is -0.152. The summed E-state index contributed by atoms with van der Waals surface area (Å²) in [6.07, 6.45) is -1.14. The zero-order valence-corrected chi connectivity index (χ0v) is 23.8. The number of nitrogens with two attached hydrogens (primary N) is 1. The van der Waals surface area contributed by atoms with Crippen LogP contribution in [0.3, 0.4) is 0 Å². The summed E-state index contributed by atoms with van der Waals surface area (Å²) in [4.78, 5) is 48.7. The van der Waals surface area contributed by atoms with Crippen LogP contribution in [0.1, 0.15) is 73.8 Å². The van der Waals surface area contributed by atoms with Gasteiger partial charge in [-0.2, -0.15) is 0 Å². The van der Waals surface area contributed by atoms with Crippen molar-refractivity contribution in [3.63, 3.8) is 0 Å². The maximum atomic E-state index is 12.5. The molecule has 0 aliphatic carbocycles. The first-order valence-corrected chi connectivity index (χ1v) is 12.9. The zero-order valence-electron chi connectivity index (χ0n) is 23.8. The number of benzene rings is 1. The Morgan fingerprint density at radius 3 is 1.92 bits per heavy atom. The zero-order chi connectivity index (χ0) is 29.0. The Kier molecular flexibility index (Phi) is 13.3. The van der Waals surface area contributed by atoms with Crippen LogP contribution < -0.4 is 15.2 Å². The van der Waals surface area contributed by atoms with Gasteiger partial charge < -0.3 is 29.4 Å². The van der Waals surface area contributed by atoms with E-state index in [-0.39, 0.29) is 61.2 Å². The van der Waals surface area contributed by atoms with Gasteiger partial charge in [0.25, 0.3) is 0 Å². The minimum absolute atomic E-state index is 0.0645. The molecule has 0 fully saturated rings. The Hall–Kier alpha value is -3.14.